The number of nitrogens with zero attached hydrogens (tertiary/aromatic N) is 1. The highest BCUT2D eigenvalue weighted by atomic mass is 127. The molecule has 242 valence electrons. The smallest absolute Gasteiger partial charge is 0.174 e. The molecular weight excluding hydrogens is 724 g/mol. The second-order valence-electron chi connectivity index (χ2n) is 13.8. The predicted octanol–water partition coefficient (Wildman–Crippen LogP) is 9.30. The lowest BCUT2D eigenvalue weighted by Gasteiger charge is -2.49. The lowest BCUT2D eigenvalue weighted by molar-refractivity contribution is -0.119. The third kappa shape index (κ3) is 7.26. The number of ketones is 2. The molecule has 0 unspecified atom stereocenters. The number of hydrogen-bond donors (Lipinski definition) is 0. The summed E-state index contributed by atoms with van der Waals surface area (Å²) in [5.41, 5.74) is 5.00. The van der Waals surface area contributed by atoms with Crippen LogP contribution in [0.15, 0.2) is 52.9 Å². The van der Waals surface area contributed by atoms with Gasteiger partial charge in [-0.15, -0.1) is 0 Å². The van der Waals surface area contributed by atoms with Gasteiger partial charge >= 0.3 is 0 Å². The fourth-order valence-corrected chi connectivity index (χ4v) is 8.06. The third-order valence-corrected chi connectivity index (χ3v) is 10.3. The SMILES string of the molecule is CCOc1cc(C2C3=C(CC(C)(C)CC3=O)N(CCCOC)C3=C2C(=O)CC(C)(C)C3)cc(I)c1OCc1ccc(Cl)c(Cl)c1. The number of rotatable bonds is 10. The van der Waals surface area contributed by atoms with E-state index in [4.69, 9.17) is 37.4 Å². The summed E-state index contributed by atoms with van der Waals surface area (Å²) in [6.07, 6.45) is 3.22. The molecule has 0 fully saturated rings. The topological polar surface area (TPSA) is 65.1 Å². The second kappa shape index (κ2) is 13.6. The molecule has 0 amide bonds. The molecule has 9 heteroatoms. The van der Waals surface area contributed by atoms with Gasteiger partial charge in [0.15, 0.2) is 23.1 Å². The average molecular weight is 767 g/mol. The van der Waals surface area contributed by atoms with Crippen molar-refractivity contribution in [3.05, 3.63) is 77.6 Å². The van der Waals surface area contributed by atoms with E-state index in [1.807, 2.05) is 25.1 Å². The highest BCUT2D eigenvalue weighted by Crippen LogP contribution is 2.55. The molecule has 0 spiro atoms. The molecule has 0 aromatic heterocycles. The minimum Gasteiger partial charge on any atom is -0.490 e. The fraction of sp³-hybridized carbons (Fsp3) is 0.500. The molecule has 0 radical (unpaired) electrons. The van der Waals surface area contributed by atoms with Gasteiger partial charge in [0.05, 0.1) is 20.2 Å². The van der Waals surface area contributed by atoms with Crippen LogP contribution in [-0.4, -0.2) is 43.3 Å². The fourth-order valence-electron chi connectivity index (χ4n) is 6.96. The zero-order valence-corrected chi connectivity index (χ0v) is 30.6. The third-order valence-electron chi connectivity index (χ3n) is 8.78. The molecule has 1 aliphatic heterocycles. The summed E-state index contributed by atoms with van der Waals surface area (Å²) >= 11 is 14.6. The Labute approximate surface area is 290 Å². The number of carbonyl (C=O) groups excluding carboxylic acids is 2. The number of ether oxygens (including phenoxy) is 3. The number of allylic oxidation sites excluding steroid dienone is 4. The minimum atomic E-state index is -0.460. The quantitative estimate of drug-likeness (QED) is 0.178. The molecule has 0 saturated carbocycles. The Kier molecular flexibility index (Phi) is 10.3. The Bertz CT molecular complexity index is 1520. The highest BCUT2D eigenvalue weighted by Gasteiger charge is 2.49. The van der Waals surface area contributed by atoms with Crippen LogP contribution in [0.25, 0.3) is 0 Å². The summed E-state index contributed by atoms with van der Waals surface area (Å²) in [6, 6.07) is 9.44. The van der Waals surface area contributed by atoms with Crippen molar-refractivity contribution in [1.82, 2.24) is 4.90 Å². The first-order valence-corrected chi connectivity index (χ1v) is 17.4. The molecule has 0 saturated heterocycles. The van der Waals surface area contributed by atoms with Gasteiger partial charge in [0, 0.05) is 61.6 Å². The summed E-state index contributed by atoms with van der Waals surface area (Å²) in [7, 11) is 1.71. The van der Waals surface area contributed by atoms with Crippen molar-refractivity contribution in [2.75, 3.05) is 26.9 Å². The van der Waals surface area contributed by atoms with E-state index in [9.17, 15) is 9.59 Å². The summed E-state index contributed by atoms with van der Waals surface area (Å²) in [5, 5.41) is 0.956. The van der Waals surface area contributed by atoms with Crippen molar-refractivity contribution in [1.29, 1.82) is 0 Å². The van der Waals surface area contributed by atoms with Gasteiger partial charge in [-0.05, 0) is 95.0 Å². The number of methoxy groups -OCH3 is 1. The van der Waals surface area contributed by atoms with Crippen LogP contribution in [0.1, 0.15) is 83.8 Å². The first kappa shape index (κ1) is 34.3. The summed E-state index contributed by atoms with van der Waals surface area (Å²) in [6.45, 7) is 12.6. The van der Waals surface area contributed by atoms with Gasteiger partial charge < -0.3 is 19.1 Å². The molecule has 0 bridgehead atoms. The van der Waals surface area contributed by atoms with Gasteiger partial charge in [0.25, 0.3) is 0 Å². The van der Waals surface area contributed by atoms with Crippen LogP contribution >= 0.6 is 45.8 Å². The Morgan fingerprint density at radius 2 is 1.51 bits per heavy atom. The van der Waals surface area contributed by atoms with E-state index in [1.54, 1.807) is 19.2 Å². The van der Waals surface area contributed by atoms with Crippen molar-refractivity contribution >= 4 is 57.4 Å². The van der Waals surface area contributed by atoms with Crippen LogP contribution in [0.3, 0.4) is 0 Å². The molecule has 45 heavy (non-hydrogen) atoms. The maximum atomic E-state index is 14.2. The largest absolute Gasteiger partial charge is 0.490 e. The van der Waals surface area contributed by atoms with E-state index >= 15 is 0 Å². The van der Waals surface area contributed by atoms with Gasteiger partial charge in [-0.25, -0.2) is 0 Å². The Morgan fingerprint density at radius 3 is 2.07 bits per heavy atom. The molecule has 2 aromatic carbocycles. The van der Waals surface area contributed by atoms with Gasteiger partial charge in [0.2, 0.25) is 0 Å². The summed E-state index contributed by atoms with van der Waals surface area (Å²) in [5.74, 6) is 0.955. The number of hydrogen-bond acceptors (Lipinski definition) is 6. The molecule has 0 atom stereocenters. The maximum Gasteiger partial charge on any atom is 0.174 e. The molecule has 2 aliphatic carbocycles. The second-order valence-corrected chi connectivity index (χ2v) is 15.8. The van der Waals surface area contributed by atoms with E-state index in [2.05, 4.69) is 55.2 Å². The molecule has 6 nitrogen and oxygen atoms in total. The van der Waals surface area contributed by atoms with Crippen LogP contribution in [-0.2, 0) is 20.9 Å². The lowest BCUT2D eigenvalue weighted by Crippen LogP contribution is -2.44. The van der Waals surface area contributed by atoms with Crippen LogP contribution < -0.4 is 9.47 Å². The van der Waals surface area contributed by atoms with Crippen molar-refractivity contribution in [3.63, 3.8) is 0 Å². The first-order valence-electron chi connectivity index (χ1n) is 15.6. The van der Waals surface area contributed by atoms with Gasteiger partial charge in [0.1, 0.15) is 6.61 Å². The molecule has 5 rings (SSSR count). The Balaban J connectivity index is 1.65. The van der Waals surface area contributed by atoms with Crippen molar-refractivity contribution in [2.24, 2.45) is 10.8 Å². The monoisotopic (exact) mass is 765 g/mol. The van der Waals surface area contributed by atoms with Crippen molar-refractivity contribution < 1.29 is 23.8 Å². The van der Waals surface area contributed by atoms with Crippen LogP contribution in [0.5, 0.6) is 11.5 Å². The number of halogens is 3. The Morgan fingerprint density at radius 1 is 0.889 bits per heavy atom. The van der Waals surface area contributed by atoms with Gasteiger partial charge in [-0.3, -0.25) is 9.59 Å². The zero-order valence-electron chi connectivity index (χ0n) is 27.0. The van der Waals surface area contributed by atoms with Crippen LogP contribution in [0, 0.1) is 14.4 Å². The highest BCUT2D eigenvalue weighted by molar-refractivity contribution is 14.1. The van der Waals surface area contributed by atoms with Gasteiger partial charge in [-0.2, -0.15) is 0 Å². The maximum absolute atomic E-state index is 14.2. The van der Waals surface area contributed by atoms with Crippen molar-refractivity contribution in [2.45, 2.75) is 79.2 Å². The predicted molar refractivity (Wildman–Crippen MR) is 187 cm³/mol. The molecule has 1 heterocycles. The zero-order chi connectivity index (χ0) is 32.7. The number of carbonyl (C=O) groups is 2. The Hall–Kier alpha value is -2.07. The van der Waals surface area contributed by atoms with Crippen LogP contribution in [0.2, 0.25) is 10.0 Å². The van der Waals surface area contributed by atoms with Gasteiger partial charge in [-0.1, -0.05) is 57.0 Å². The van der Waals surface area contributed by atoms with E-state index < -0.39 is 5.92 Å². The van der Waals surface area contributed by atoms with Crippen molar-refractivity contribution in [3.8, 4) is 11.5 Å². The number of benzene rings is 2. The normalized spacial score (nSPS) is 19.5. The van der Waals surface area contributed by atoms with E-state index in [-0.39, 0.29) is 29.0 Å². The van der Waals surface area contributed by atoms with Crippen LogP contribution in [0.4, 0.5) is 0 Å². The minimum absolute atomic E-state index is 0.111. The average Bonchev–Trinajstić information content (AvgIpc) is 2.93. The molecule has 0 N–H and O–H groups in total. The van der Waals surface area contributed by atoms with E-state index in [0.29, 0.717) is 54.1 Å². The standard InChI is InChI=1S/C36H42Cl2INO5/c1-7-44-30-15-22(14-25(39)34(30)45-20-21-9-10-23(37)24(38)13-21)31-32-26(16-35(2,3)18-28(32)41)40(11-8-12-43-6)27-17-36(4,5)19-29(42)33(27)31/h9-10,13-15,31H,7-8,11-12,16-20H2,1-6H3. The first-order chi connectivity index (χ1) is 21.2. The summed E-state index contributed by atoms with van der Waals surface area (Å²) in [4.78, 5) is 30.6. The molecular formula is C36H42Cl2INO5. The molecule has 3 aliphatic rings. The van der Waals surface area contributed by atoms with E-state index in [1.165, 1.54) is 0 Å². The molecule has 2 aromatic rings. The number of Topliss-reactive ketones (excluding diaryl/α,β-unsaturated/α-hetero) is 2. The summed E-state index contributed by atoms with van der Waals surface area (Å²) < 4.78 is 18.7. The van der Waals surface area contributed by atoms with E-state index in [0.717, 1.165) is 56.5 Å². The lowest BCUT2D eigenvalue weighted by atomic mass is 9.63.